The zero-order chi connectivity index (χ0) is 56.0. The van der Waals surface area contributed by atoms with Crippen LogP contribution in [0.4, 0.5) is 10.1 Å². The molecule has 2 saturated heterocycles. The molecule has 4 aliphatic rings. The summed E-state index contributed by atoms with van der Waals surface area (Å²) in [4.78, 5) is 110. The average Bonchev–Trinajstić information content (AvgIpc) is 3.85. The number of aliphatic hydroxyl groups excluding tert-OH is 1. The highest BCUT2D eigenvalue weighted by Crippen LogP contribution is 2.41. The Hall–Kier alpha value is -6.48. The summed E-state index contributed by atoms with van der Waals surface area (Å²) in [6, 6.07) is 7.16. The van der Waals surface area contributed by atoms with Gasteiger partial charge in [0, 0.05) is 50.3 Å². The zero-order valence-electron chi connectivity index (χ0n) is 44.3. The van der Waals surface area contributed by atoms with Gasteiger partial charge in [0.05, 0.1) is 92.8 Å². The van der Waals surface area contributed by atoms with E-state index in [1.54, 1.807) is 38.4 Å². The number of aliphatic hydroxyl groups is 1. The normalized spacial score (nSPS) is 19.1. The van der Waals surface area contributed by atoms with E-state index in [0.29, 0.717) is 56.6 Å². The van der Waals surface area contributed by atoms with E-state index in [2.05, 4.69) is 31.6 Å². The fourth-order valence-electron chi connectivity index (χ4n) is 8.94. The molecule has 424 valence electrons. The molecule has 25 heteroatoms. The molecule has 0 bridgehead atoms. The molecule has 23 nitrogen and oxygen atoms in total. The van der Waals surface area contributed by atoms with E-state index in [4.69, 9.17) is 28.4 Å². The Morgan fingerprint density at radius 1 is 0.885 bits per heavy atom. The van der Waals surface area contributed by atoms with Crippen LogP contribution in [0.15, 0.2) is 41.9 Å². The van der Waals surface area contributed by atoms with Crippen LogP contribution < -0.4 is 31.3 Å². The highest BCUT2D eigenvalue weighted by molar-refractivity contribution is 7.13. The third-order valence-corrected chi connectivity index (χ3v) is 14.3. The number of halogens is 1. The number of aryl methyl sites for hydroxylation is 1. The molecular weight excluding hydrogens is 1040 g/mol. The number of hydrogen-bond donors (Lipinski definition) is 6. The molecular formula is C53H69FN8O15S. The zero-order valence-corrected chi connectivity index (χ0v) is 45.1. The molecule has 2 aromatic carbocycles. The predicted molar refractivity (Wildman–Crippen MR) is 279 cm³/mol. The first-order valence-corrected chi connectivity index (χ1v) is 26.9. The summed E-state index contributed by atoms with van der Waals surface area (Å²) in [6.45, 7) is 10.1. The van der Waals surface area contributed by atoms with Crippen LogP contribution in [-0.2, 0) is 59.0 Å². The minimum atomic E-state index is -1.99. The third-order valence-electron chi connectivity index (χ3n) is 13.3. The molecule has 7 rings (SSSR count). The smallest absolute Gasteiger partial charge is 0.264 e. The van der Waals surface area contributed by atoms with E-state index in [-0.39, 0.29) is 108 Å². The lowest BCUT2D eigenvalue weighted by atomic mass is 9.85. The van der Waals surface area contributed by atoms with Crippen molar-refractivity contribution < 1.29 is 76.3 Å². The lowest BCUT2D eigenvalue weighted by molar-refractivity contribution is -0.145. The van der Waals surface area contributed by atoms with Gasteiger partial charge in [-0.2, -0.15) is 0 Å². The van der Waals surface area contributed by atoms with Crippen molar-refractivity contribution in [1.29, 1.82) is 0 Å². The molecule has 8 amide bonds. The van der Waals surface area contributed by atoms with Crippen LogP contribution in [-0.4, -0.2) is 189 Å². The monoisotopic (exact) mass is 1110 g/mol. The number of thiazole rings is 1. The number of likely N-dealkylation sites (tertiary alicyclic amines) is 1. The minimum absolute atomic E-state index is 0.00321. The maximum absolute atomic E-state index is 14.6. The van der Waals surface area contributed by atoms with Crippen molar-refractivity contribution in [2.45, 2.75) is 96.2 Å². The number of piperidine rings is 1. The number of carbonyl (C=O) groups is 8. The fourth-order valence-corrected chi connectivity index (χ4v) is 9.74. The predicted octanol–water partition coefficient (Wildman–Crippen LogP) is 1.82. The van der Waals surface area contributed by atoms with Crippen molar-refractivity contribution in [3.8, 4) is 16.2 Å². The lowest BCUT2D eigenvalue weighted by Crippen LogP contribution is -2.59. The van der Waals surface area contributed by atoms with Crippen molar-refractivity contribution >= 4 is 64.3 Å². The van der Waals surface area contributed by atoms with Crippen molar-refractivity contribution in [1.82, 2.24) is 36.1 Å². The summed E-state index contributed by atoms with van der Waals surface area (Å²) in [5, 5.41) is 24.0. The van der Waals surface area contributed by atoms with Crippen molar-refractivity contribution in [2.75, 3.05) is 97.6 Å². The molecule has 1 saturated carbocycles. The van der Waals surface area contributed by atoms with Crippen molar-refractivity contribution in [2.24, 2.45) is 5.41 Å². The average molecular weight is 1110 g/mol. The maximum atomic E-state index is 14.6. The van der Waals surface area contributed by atoms with Gasteiger partial charge in [-0.25, -0.2) is 9.37 Å². The molecule has 6 N–H and O–H groups in total. The number of ether oxygens (including phenoxy) is 6. The van der Waals surface area contributed by atoms with Crippen LogP contribution in [0.2, 0.25) is 0 Å². The second-order valence-corrected chi connectivity index (χ2v) is 21.1. The largest absolute Gasteiger partial charge is 0.491 e. The van der Waals surface area contributed by atoms with E-state index in [1.807, 2.05) is 25.1 Å². The Morgan fingerprint density at radius 2 is 1.55 bits per heavy atom. The second-order valence-electron chi connectivity index (χ2n) is 20.2. The van der Waals surface area contributed by atoms with E-state index in [1.165, 1.54) is 22.3 Å². The molecule has 0 spiro atoms. The molecule has 1 aliphatic carbocycles. The van der Waals surface area contributed by atoms with Crippen LogP contribution in [0.3, 0.4) is 0 Å². The molecule has 3 aliphatic heterocycles. The van der Waals surface area contributed by atoms with Crippen LogP contribution >= 0.6 is 11.3 Å². The summed E-state index contributed by atoms with van der Waals surface area (Å²) >= 11 is 1.49. The van der Waals surface area contributed by atoms with E-state index in [9.17, 15) is 47.9 Å². The fraction of sp³-hybridized carbons (Fsp3) is 0.566. The first-order valence-electron chi connectivity index (χ1n) is 26.0. The Morgan fingerprint density at radius 3 is 2.18 bits per heavy atom. The first-order chi connectivity index (χ1) is 37.4. The number of anilines is 1. The number of β-amino-alcohol motifs (C(OH)–C–C–N with tert-alkyl or cyclic N) is 1. The number of amides is 8. The number of alkyl halides is 1. The molecule has 78 heavy (non-hydrogen) atoms. The number of imide groups is 2. The highest BCUT2D eigenvalue weighted by atomic mass is 32.1. The Balaban J connectivity index is 0.721. The summed E-state index contributed by atoms with van der Waals surface area (Å²) in [6.07, 6.45) is -0.717. The van der Waals surface area contributed by atoms with Gasteiger partial charge in [-0.05, 0) is 55.4 Å². The second kappa shape index (κ2) is 27.4. The van der Waals surface area contributed by atoms with Gasteiger partial charge in [-0.15, -0.1) is 11.3 Å². The molecule has 1 aromatic heterocycles. The van der Waals surface area contributed by atoms with Gasteiger partial charge in [0.15, 0.2) is 5.67 Å². The first kappa shape index (κ1) is 59.2. The molecule has 4 heterocycles. The van der Waals surface area contributed by atoms with Crippen LogP contribution in [0, 0.1) is 12.3 Å². The highest BCUT2D eigenvalue weighted by Gasteiger charge is 2.53. The number of carbonyl (C=O) groups excluding carboxylic acids is 8. The van der Waals surface area contributed by atoms with Gasteiger partial charge in [0.25, 0.3) is 17.7 Å². The number of fused-ring (bicyclic) bond motifs is 1. The summed E-state index contributed by atoms with van der Waals surface area (Å²) < 4.78 is 48.6. The summed E-state index contributed by atoms with van der Waals surface area (Å²) in [5.41, 5.74) is 2.02. The lowest BCUT2D eigenvalue weighted by Gasteiger charge is -2.35. The molecule has 4 atom stereocenters. The standard InChI is InChI=1S/C53H69FN8O15S/c1-32-44(78-31-58-32)33-8-9-34(28-57-46(66)39-27-35(63)29-61(39)50(70)45(52(2,3)4)60-51(71)53(54)12-13-53)40(26-33)77-25-24-75-21-20-73-17-16-72-18-19-74-22-23-76-30-42(65)56-15-14-55-37-7-5-6-36-43(37)49(69)62(48(36)68)38-10-11-41(64)59-47(38)67/h5-9,26,31,35,38-39,45,55,63H,10-25,27-30H2,1-4H3,(H,56,65)(H,57,66)(H,60,71)(H,59,64,67). The molecule has 4 unspecified atom stereocenters. The summed E-state index contributed by atoms with van der Waals surface area (Å²) in [5.74, 6) is -4.14. The molecule has 0 radical (unpaired) electrons. The third kappa shape index (κ3) is 15.6. The quantitative estimate of drug-likeness (QED) is 0.0410. The maximum Gasteiger partial charge on any atom is 0.264 e. The van der Waals surface area contributed by atoms with Gasteiger partial charge in [-0.1, -0.05) is 39.0 Å². The van der Waals surface area contributed by atoms with Crippen molar-refractivity contribution in [3.63, 3.8) is 0 Å². The number of nitrogens with zero attached hydrogens (tertiary/aromatic N) is 3. The molecule has 3 fully saturated rings. The number of rotatable bonds is 30. The molecule has 3 aromatic rings. The van der Waals surface area contributed by atoms with Crippen LogP contribution in [0.5, 0.6) is 5.75 Å². The topological polar surface area (TPSA) is 292 Å². The Kier molecular flexibility index (Phi) is 20.8. The van der Waals surface area contributed by atoms with E-state index in [0.717, 1.165) is 21.0 Å². The Bertz CT molecular complexity index is 2660. The number of hydrogen-bond acceptors (Lipinski definition) is 18. The van der Waals surface area contributed by atoms with Gasteiger partial charge in [-0.3, -0.25) is 48.6 Å². The number of nitrogens with one attached hydrogen (secondary N) is 5. The van der Waals surface area contributed by atoms with Gasteiger partial charge in [0.2, 0.25) is 29.5 Å². The van der Waals surface area contributed by atoms with Gasteiger partial charge < -0.3 is 59.7 Å². The van der Waals surface area contributed by atoms with Gasteiger partial charge >= 0.3 is 0 Å². The van der Waals surface area contributed by atoms with Crippen molar-refractivity contribution in [3.05, 3.63) is 64.3 Å². The van der Waals surface area contributed by atoms with Gasteiger partial charge in [0.1, 0.15) is 37.1 Å². The number of benzene rings is 2. The Labute approximate surface area is 454 Å². The van der Waals surface area contributed by atoms with Crippen LogP contribution in [0.1, 0.15) is 84.8 Å². The number of aromatic nitrogens is 1. The van der Waals surface area contributed by atoms with E-state index < -0.39 is 76.7 Å². The van der Waals surface area contributed by atoms with E-state index >= 15 is 0 Å². The summed E-state index contributed by atoms with van der Waals surface area (Å²) in [7, 11) is 0. The SMILES string of the molecule is Cc1ncsc1-c1ccc(CNC(=O)C2CC(O)CN2C(=O)C(NC(=O)C2(F)CC2)C(C)(C)C)c(OCCOCCOCCOCCOCCOCC(=O)NCCNc2cccc3c2C(=O)N(C2CCC(=O)NC2=O)C3=O)c1. The van der Waals surface area contributed by atoms with Crippen LogP contribution in [0.25, 0.3) is 10.4 Å². The minimum Gasteiger partial charge on any atom is -0.491 e.